The van der Waals surface area contributed by atoms with Crippen molar-refractivity contribution in [2.75, 3.05) is 26.3 Å². The van der Waals surface area contributed by atoms with Gasteiger partial charge in [-0.3, -0.25) is 0 Å². The molecule has 0 unspecified atom stereocenters. The summed E-state index contributed by atoms with van der Waals surface area (Å²) >= 11 is 0. The van der Waals surface area contributed by atoms with Crippen molar-refractivity contribution < 1.29 is 47.6 Å². The van der Waals surface area contributed by atoms with Crippen molar-refractivity contribution in [1.82, 2.24) is 10.6 Å². The molecule has 320 valence electrons. The van der Waals surface area contributed by atoms with E-state index in [2.05, 4.69) is 84.4 Å². The van der Waals surface area contributed by atoms with E-state index >= 15 is 0 Å². The van der Waals surface area contributed by atoms with Crippen molar-refractivity contribution in [3.8, 4) is 11.5 Å². The number of hydrogen-bond acceptors (Lipinski definition) is 10. The molecule has 0 saturated carbocycles. The zero-order valence-corrected chi connectivity index (χ0v) is 39.3. The summed E-state index contributed by atoms with van der Waals surface area (Å²) in [4.78, 5) is 23.3. The third kappa shape index (κ3) is 20.3. The lowest BCUT2D eigenvalue weighted by molar-refractivity contribution is 0.0509. The van der Waals surface area contributed by atoms with E-state index in [0.29, 0.717) is 49.8 Å². The molecule has 2 rings (SSSR count). The monoisotopic (exact) mass is 822 g/mol. The summed E-state index contributed by atoms with van der Waals surface area (Å²) in [6.07, 6.45) is -0.938. The van der Waals surface area contributed by atoms with Gasteiger partial charge in [0.25, 0.3) is 0 Å². The zero-order chi connectivity index (χ0) is 43.2. The van der Waals surface area contributed by atoms with E-state index in [1.165, 1.54) is 0 Å². The van der Waals surface area contributed by atoms with Crippen LogP contribution in [0.5, 0.6) is 11.5 Å². The Hall–Kier alpha value is -3.15. The molecule has 0 atom stereocenters. The number of alkyl carbamates (subject to hydrolysis) is 2. The van der Waals surface area contributed by atoms with Crippen molar-refractivity contribution in [2.45, 2.75) is 157 Å². The lowest BCUT2D eigenvalue weighted by atomic mass is 10.1. The Kier molecular flexibility index (Phi) is 19.6. The fourth-order valence-electron chi connectivity index (χ4n) is 4.21. The molecule has 0 spiro atoms. The Morgan fingerprint density at radius 1 is 0.536 bits per heavy atom. The summed E-state index contributed by atoms with van der Waals surface area (Å²) in [5.74, 6) is 1.29. The van der Waals surface area contributed by atoms with Gasteiger partial charge in [-0.1, -0.05) is 53.7 Å². The second-order valence-electron chi connectivity index (χ2n) is 18.9. The van der Waals surface area contributed by atoms with Crippen LogP contribution >= 0.6 is 0 Å². The minimum atomic E-state index is -1.89. The number of amides is 2. The van der Waals surface area contributed by atoms with Gasteiger partial charge < -0.3 is 48.6 Å². The predicted octanol–water partition coefficient (Wildman–Crippen LogP) is 9.21. The van der Waals surface area contributed by atoms with Crippen LogP contribution in [0.4, 0.5) is 9.59 Å². The summed E-state index contributed by atoms with van der Waals surface area (Å²) in [5, 5.41) is 23.9. The van der Waals surface area contributed by atoms with Crippen LogP contribution in [-0.4, -0.2) is 76.5 Å². The predicted molar refractivity (Wildman–Crippen MR) is 228 cm³/mol. The molecule has 14 heteroatoms. The first-order chi connectivity index (χ1) is 25.5. The number of hydrogen-bond donors (Lipinski definition) is 4. The molecular weight excluding hydrogens is 749 g/mol. The average molecular weight is 823 g/mol. The zero-order valence-electron chi connectivity index (χ0n) is 37.3. The smallest absolute Gasteiger partial charge is 0.407 e. The van der Waals surface area contributed by atoms with Gasteiger partial charge in [-0.25, -0.2) is 9.59 Å². The second kappa shape index (κ2) is 21.6. The molecule has 0 radical (unpaired) electrons. The van der Waals surface area contributed by atoms with Crippen molar-refractivity contribution in [3.63, 3.8) is 0 Å². The van der Waals surface area contributed by atoms with Crippen molar-refractivity contribution >= 4 is 28.8 Å². The summed E-state index contributed by atoms with van der Waals surface area (Å²) < 4.78 is 34.8. The van der Waals surface area contributed by atoms with E-state index in [1.54, 1.807) is 39.0 Å². The van der Waals surface area contributed by atoms with Crippen LogP contribution in [0.2, 0.25) is 36.3 Å². The minimum Gasteiger partial charge on any atom is -0.492 e. The van der Waals surface area contributed by atoms with Crippen LogP contribution in [-0.2, 0) is 44.8 Å². The number of nitrogens with one attached hydrogen (secondary N) is 2. The van der Waals surface area contributed by atoms with Crippen LogP contribution in [0.3, 0.4) is 0 Å². The first-order valence-corrected chi connectivity index (χ1v) is 25.2. The van der Waals surface area contributed by atoms with Gasteiger partial charge in [-0.15, -0.1) is 0 Å². The van der Waals surface area contributed by atoms with Gasteiger partial charge in [0.05, 0.1) is 39.5 Å². The molecule has 2 aromatic rings. The molecule has 0 aromatic heterocycles. The highest BCUT2D eigenvalue weighted by atomic mass is 28.4. The standard InChI is InChI=1S/C27H51NO5Si2.C15H23NO5/c1-25(2,3)33-24(29)28-14-15-30-23-17-21(19-31-34(10,11)26(4,5)6)16-22(18-23)20-32-35(12,13)27(7,8)9;1-15(2,3)21-14(19)16-4-5-20-13-7-11(9-17)6-12(8-13)10-18/h16-18H,14-15,19-20H2,1-13H3,(H,28,29);6-8,17-18H,4-5,9-10H2,1-3H3,(H,16,19). The average Bonchev–Trinajstić information content (AvgIpc) is 3.04. The topological polar surface area (TPSA) is 154 Å². The van der Waals surface area contributed by atoms with E-state index in [9.17, 15) is 9.59 Å². The van der Waals surface area contributed by atoms with Gasteiger partial charge in [0.15, 0.2) is 16.6 Å². The van der Waals surface area contributed by atoms with Gasteiger partial charge in [0, 0.05) is 0 Å². The number of benzene rings is 2. The highest BCUT2D eigenvalue weighted by Gasteiger charge is 2.38. The number of aliphatic hydroxyl groups excluding tert-OH is 2. The van der Waals surface area contributed by atoms with Crippen molar-refractivity contribution in [1.29, 1.82) is 0 Å². The molecule has 0 bridgehead atoms. The molecule has 12 nitrogen and oxygen atoms in total. The number of rotatable bonds is 16. The van der Waals surface area contributed by atoms with Crippen LogP contribution < -0.4 is 20.1 Å². The van der Waals surface area contributed by atoms with Crippen molar-refractivity contribution in [2.24, 2.45) is 0 Å². The Morgan fingerprint density at radius 3 is 1.12 bits per heavy atom. The summed E-state index contributed by atoms with van der Waals surface area (Å²) in [6, 6.07) is 11.3. The van der Waals surface area contributed by atoms with Crippen LogP contribution in [0.1, 0.15) is 105 Å². The van der Waals surface area contributed by atoms with Crippen LogP contribution in [0.15, 0.2) is 36.4 Å². The largest absolute Gasteiger partial charge is 0.492 e. The molecule has 56 heavy (non-hydrogen) atoms. The fourth-order valence-corrected chi connectivity index (χ4v) is 6.13. The Bertz CT molecular complexity index is 1450. The maximum Gasteiger partial charge on any atom is 0.407 e. The summed E-state index contributed by atoms with van der Waals surface area (Å²) in [5.41, 5.74) is 2.41. The number of carbonyl (C=O) groups excluding carboxylic acids is 2. The van der Waals surface area contributed by atoms with E-state index in [1.807, 2.05) is 32.9 Å². The Balaban J connectivity index is 0.000000635. The molecule has 0 heterocycles. The molecule has 2 amide bonds. The lowest BCUT2D eigenvalue weighted by Crippen LogP contribution is -2.40. The van der Waals surface area contributed by atoms with E-state index in [4.69, 9.17) is 38.0 Å². The van der Waals surface area contributed by atoms with E-state index in [0.717, 1.165) is 16.9 Å². The highest BCUT2D eigenvalue weighted by molar-refractivity contribution is 6.74. The third-order valence-electron chi connectivity index (χ3n) is 9.31. The summed E-state index contributed by atoms with van der Waals surface area (Å²) in [6.45, 7) is 35.5. The number of ether oxygens (including phenoxy) is 4. The van der Waals surface area contributed by atoms with Crippen LogP contribution in [0.25, 0.3) is 0 Å². The quantitative estimate of drug-likeness (QED) is 0.0952. The normalized spacial score (nSPS) is 12.6. The van der Waals surface area contributed by atoms with Gasteiger partial charge in [0.1, 0.15) is 35.9 Å². The van der Waals surface area contributed by atoms with Gasteiger partial charge >= 0.3 is 12.2 Å². The third-order valence-corrected chi connectivity index (χ3v) is 18.3. The molecule has 4 N–H and O–H groups in total. The fraction of sp³-hybridized carbons (Fsp3) is 0.667. The molecular formula is C42H74N2O10Si2. The van der Waals surface area contributed by atoms with Gasteiger partial charge in [-0.2, -0.15) is 0 Å². The lowest BCUT2D eigenvalue weighted by Gasteiger charge is -2.36. The van der Waals surface area contributed by atoms with E-state index < -0.39 is 40.0 Å². The maximum atomic E-state index is 11.9. The first kappa shape index (κ1) is 50.9. The maximum absolute atomic E-state index is 11.9. The molecule has 0 aliphatic carbocycles. The van der Waals surface area contributed by atoms with Gasteiger partial charge in [-0.05, 0) is 124 Å². The molecule has 0 aliphatic rings. The number of aliphatic hydroxyl groups is 2. The highest BCUT2D eigenvalue weighted by Crippen LogP contribution is 2.38. The molecule has 2 aromatic carbocycles. The van der Waals surface area contributed by atoms with Crippen LogP contribution in [0, 0.1) is 0 Å². The molecule has 0 aliphatic heterocycles. The minimum absolute atomic E-state index is 0.125. The molecule has 0 fully saturated rings. The van der Waals surface area contributed by atoms with Gasteiger partial charge in [0.2, 0.25) is 0 Å². The Morgan fingerprint density at radius 2 is 0.839 bits per heavy atom. The number of carbonyl (C=O) groups is 2. The molecule has 0 saturated heterocycles. The summed E-state index contributed by atoms with van der Waals surface area (Å²) in [7, 11) is -3.77. The first-order valence-electron chi connectivity index (χ1n) is 19.4. The second-order valence-corrected chi connectivity index (χ2v) is 28.6. The SMILES string of the molecule is CC(C)(C)OC(=O)NCCOc1cc(CO)cc(CO)c1.CC(C)(C)OC(=O)NCCOc1cc(CO[Si](C)(C)C(C)(C)C)cc(CO[Si](C)(C)C(C)(C)C)c1. The van der Waals surface area contributed by atoms with Crippen molar-refractivity contribution in [3.05, 3.63) is 58.7 Å². The van der Waals surface area contributed by atoms with E-state index in [-0.39, 0.29) is 29.9 Å². The Labute approximate surface area is 339 Å².